The van der Waals surface area contributed by atoms with Crippen molar-refractivity contribution in [2.24, 2.45) is 0 Å². The van der Waals surface area contributed by atoms with Gasteiger partial charge in [0, 0.05) is 45.0 Å². The first-order valence-electron chi connectivity index (χ1n) is 12.5. The Morgan fingerprint density at radius 3 is 2.59 bits per heavy atom. The van der Waals surface area contributed by atoms with Crippen LogP contribution in [0.15, 0.2) is 70.7 Å². The second-order valence-electron chi connectivity index (χ2n) is 8.63. The number of fused-ring (bicyclic) bond motifs is 1. The first-order chi connectivity index (χ1) is 19.0. The lowest BCUT2D eigenvalue weighted by molar-refractivity contribution is -0.121. The maximum atomic E-state index is 13.5. The molecule has 4 rings (SSSR count). The molecule has 3 N–H and O–H groups in total. The summed E-state index contributed by atoms with van der Waals surface area (Å²) < 4.78 is 11.8. The smallest absolute Gasteiger partial charge is 0.278 e. The van der Waals surface area contributed by atoms with E-state index in [4.69, 9.17) is 14.5 Å². The number of thioether (sulfide) groups is 1. The Balaban J connectivity index is 1.58. The van der Waals surface area contributed by atoms with Gasteiger partial charge in [-0.2, -0.15) is 0 Å². The number of para-hydroxylation sites is 2. The molecule has 2 aromatic heterocycles. The molecule has 204 valence electrons. The number of H-pyrrole nitrogens is 1. The van der Waals surface area contributed by atoms with E-state index in [2.05, 4.69) is 15.6 Å². The number of anilines is 1. The van der Waals surface area contributed by atoms with E-state index in [1.54, 1.807) is 31.5 Å². The molecule has 39 heavy (non-hydrogen) atoms. The molecule has 0 saturated heterocycles. The summed E-state index contributed by atoms with van der Waals surface area (Å²) in [7, 11) is 3.14. The number of hydrogen-bond donors (Lipinski definition) is 3. The highest BCUT2D eigenvalue weighted by Gasteiger charge is 2.19. The molecule has 0 bridgehead atoms. The van der Waals surface area contributed by atoms with Crippen molar-refractivity contribution in [1.82, 2.24) is 19.9 Å². The van der Waals surface area contributed by atoms with E-state index in [0.29, 0.717) is 47.2 Å². The van der Waals surface area contributed by atoms with Gasteiger partial charge >= 0.3 is 0 Å². The maximum Gasteiger partial charge on any atom is 0.278 e. The largest absolute Gasteiger partial charge is 0.495 e. The third-order valence-electron chi connectivity index (χ3n) is 5.96. The van der Waals surface area contributed by atoms with Crippen molar-refractivity contribution in [3.05, 3.63) is 71.1 Å². The molecule has 0 aliphatic carbocycles. The average molecular weight is 550 g/mol. The van der Waals surface area contributed by atoms with Crippen molar-refractivity contribution >= 4 is 40.3 Å². The highest BCUT2D eigenvalue weighted by atomic mass is 32.2. The number of amides is 2. The van der Waals surface area contributed by atoms with Gasteiger partial charge in [-0.05, 0) is 24.1 Å². The number of carbonyl (C=O) groups excluding carboxylic acids is 2. The summed E-state index contributed by atoms with van der Waals surface area (Å²) in [5, 5.41) is 6.02. The molecule has 0 saturated carbocycles. The van der Waals surface area contributed by atoms with Crippen molar-refractivity contribution < 1.29 is 19.1 Å². The molecule has 2 amide bonds. The van der Waals surface area contributed by atoms with E-state index < -0.39 is 0 Å². The maximum absolute atomic E-state index is 13.5. The Labute approximate surface area is 230 Å². The molecule has 4 aromatic rings. The van der Waals surface area contributed by atoms with Crippen LogP contribution in [0.25, 0.3) is 22.2 Å². The predicted molar refractivity (Wildman–Crippen MR) is 152 cm³/mol. The lowest BCUT2D eigenvalue weighted by atomic mass is 10.1. The Bertz CT molecular complexity index is 1480. The molecule has 0 aliphatic heterocycles. The van der Waals surface area contributed by atoms with E-state index in [-0.39, 0.29) is 36.1 Å². The van der Waals surface area contributed by atoms with Crippen LogP contribution in [0.5, 0.6) is 5.75 Å². The van der Waals surface area contributed by atoms with Gasteiger partial charge in [-0.15, -0.1) is 0 Å². The van der Waals surface area contributed by atoms with Gasteiger partial charge in [0.1, 0.15) is 16.8 Å². The van der Waals surface area contributed by atoms with E-state index in [9.17, 15) is 14.4 Å². The van der Waals surface area contributed by atoms with Gasteiger partial charge in [-0.3, -0.25) is 19.0 Å². The Kier molecular flexibility index (Phi) is 9.76. The molecule has 0 aliphatic rings. The lowest BCUT2D eigenvalue weighted by Gasteiger charge is -2.13. The van der Waals surface area contributed by atoms with Gasteiger partial charge in [-0.1, -0.05) is 54.2 Å². The van der Waals surface area contributed by atoms with Crippen LogP contribution in [0.3, 0.4) is 0 Å². The number of methoxy groups -OCH3 is 2. The van der Waals surface area contributed by atoms with Gasteiger partial charge in [-0.25, -0.2) is 4.98 Å². The Morgan fingerprint density at radius 1 is 1.05 bits per heavy atom. The zero-order valence-corrected chi connectivity index (χ0v) is 22.7. The molecule has 0 radical (unpaired) electrons. The highest BCUT2D eigenvalue weighted by Crippen LogP contribution is 2.28. The first kappa shape index (κ1) is 27.9. The van der Waals surface area contributed by atoms with E-state index in [0.717, 1.165) is 22.9 Å². The van der Waals surface area contributed by atoms with E-state index in [1.165, 1.54) is 11.7 Å². The van der Waals surface area contributed by atoms with Gasteiger partial charge in [0.2, 0.25) is 11.8 Å². The van der Waals surface area contributed by atoms with Crippen molar-refractivity contribution in [3.8, 4) is 16.9 Å². The summed E-state index contributed by atoms with van der Waals surface area (Å²) in [6.07, 6.45) is 2.54. The number of nitrogens with zero attached hydrogens (tertiary/aromatic N) is 2. The fourth-order valence-corrected chi connectivity index (χ4v) is 4.85. The van der Waals surface area contributed by atoms with Crippen LogP contribution in [-0.4, -0.2) is 59.5 Å². The van der Waals surface area contributed by atoms with Crippen LogP contribution in [0.4, 0.5) is 5.69 Å². The van der Waals surface area contributed by atoms with Crippen LogP contribution in [0.1, 0.15) is 12.8 Å². The fraction of sp³-hybridized carbons (Fsp3) is 0.286. The number of ether oxygens (including phenoxy) is 2. The van der Waals surface area contributed by atoms with Gasteiger partial charge in [0.15, 0.2) is 5.16 Å². The summed E-state index contributed by atoms with van der Waals surface area (Å²) in [5.74, 6) is 0.0892. The second kappa shape index (κ2) is 13.6. The highest BCUT2D eigenvalue weighted by molar-refractivity contribution is 7.99. The van der Waals surface area contributed by atoms with E-state index in [1.807, 2.05) is 36.4 Å². The number of aromatic amines is 1. The molecule has 0 unspecified atom stereocenters. The van der Waals surface area contributed by atoms with E-state index >= 15 is 0 Å². The van der Waals surface area contributed by atoms with Gasteiger partial charge in [0.25, 0.3) is 5.56 Å². The number of nitrogens with one attached hydrogen (secondary N) is 3. The lowest BCUT2D eigenvalue weighted by Crippen LogP contribution is -2.30. The molecule has 11 heteroatoms. The third kappa shape index (κ3) is 7.06. The van der Waals surface area contributed by atoms with Crippen LogP contribution >= 0.6 is 11.8 Å². The topological polar surface area (TPSA) is 127 Å². The number of carbonyl (C=O) groups is 2. The fourth-order valence-electron chi connectivity index (χ4n) is 4.03. The van der Waals surface area contributed by atoms with Crippen LogP contribution in [0.2, 0.25) is 0 Å². The zero-order chi connectivity index (χ0) is 27.6. The number of hydrogen-bond acceptors (Lipinski definition) is 7. The standard InChI is InChI=1S/C28H31N5O5S/c1-37-16-8-14-29-23(34)13-15-33-27(36)26-25(20(17-30-26)19-9-4-3-5-10-19)32-28(33)39-18-24(35)31-21-11-6-7-12-22(21)38-2/h3-7,9-12,17,30H,8,13-16,18H2,1-2H3,(H,29,34)(H,31,35). The van der Waals surface area contributed by atoms with Crippen molar-refractivity contribution in [3.63, 3.8) is 0 Å². The summed E-state index contributed by atoms with van der Waals surface area (Å²) in [5.41, 5.74) is 2.80. The minimum Gasteiger partial charge on any atom is -0.495 e. The normalized spacial score (nSPS) is 10.9. The quantitative estimate of drug-likeness (QED) is 0.132. The second-order valence-corrected chi connectivity index (χ2v) is 9.57. The Morgan fingerprint density at radius 2 is 1.82 bits per heavy atom. The third-order valence-corrected chi connectivity index (χ3v) is 6.93. The first-order valence-corrected chi connectivity index (χ1v) is 13.5. The van der Waals surface area contributed by atoms with Crippen molar-refractivity contribution in [2.45, 2.75) is 24.5 Å². The zero-order valence-electron chi connectivity index (χ0n) is 21.9. The van der Waals surface area contributed by atoms with Crippen molar-refractivity contribution in [2.75, 3.05) is 38.4 Å². The molecular formula is C28H31N5O5S. The van der Waals surface area contributed by atoms with Crippen LogP contribution in [0, 0.1) is 0 Å². The molecule has 0 atom stereocenters. The van der Waals surface area contributed by atoms with Crippen LogP contribution in [-0.2, 0) is 20.9 Å². The predicted octanol–water partition coefficient (Wildman–Crippen LogP) is 3.67. The summed E-state index contributed by atoms with van der Waals surface area (Å²) in [4.78, 5) is 46.6. The van der Waals surface area contributed by atoms with Crippen LogP contribution < -0.4 is 20.9 Å². The Hall–Kier alpha value is -4.09. The SMILES string of the molecule is COCCCNC(=O)CCn1c(SCC(=O)Nc2ccccc2OC)nc2c(-c3ccccc3)c[nH]c2c1=O. The molecule has 0 spiro atoms. The number of rotatable bonds is 13. The molecule has 0 fully saturated rings. The van der Waals surface area contributed by atoms with Crippen molar-refractivity contribution in [1.29, 1.82) is 0 Å². The van der Waals surface area contributed by atoms with Gasteiger partial charge in [0.05, 0.1) is 18.6 Å². The summed E-state index contributed by atoms with van der Waals surface area (Å²) in [6.45, 7) is 1.16. The van der Waals surface area contributed by atoms with Gasteiger partial charge < -0.3 is 25.1 Å². The molecular weight excluding hydrogens is 518 g/mol. The molecule has 10 nitrogen and oxygen atoms in total. The molecule has 2 aromatic carbocycles. The minimum atomic E-state index is -0.304. The summed E-state index contributed by atoms with van der Waals surface area (Å²) >= 11 is 1.14. The number of benzene rings is 2. The average Bonchev–Trinajstić information content (AvgIpc) is 3.39. The monoisotopic (exact) mass is 549 g/mol. The molecule has 2 heterocycles. The summed E-state index contributed by atoms with van der Waals surface area (Å²) in [6, 6.07) is 16.8. The minimum absolute atomic E-state index is 0.00427. The number of aromatic nitrogens is 3.